The Morgan fingerprint density at radius 1 is 1.31 bits per heavy atom. The van der Waals surface area contributed by atoms with E-state index >= 15 is 0 Å². The van der Waals surface area contributed by atoms with E-state index in [1.807, 2.05) is 0 Å². The van der Waals surface area contributed by atoms with Gasteiger partial charge in [0.15, 0.2) is 5.82 Å². The van der Waals surface area contributed by atoms with Gasteiger partial charge in [-0.15, -0.1) is 0 Å². The van der Waals surface area contributed by atoms with Crippen LogP contribution < -0.4 is 4.74 Å². The molecule has 0 spiro atoms. The first kappa shape index (κ1) is 18.3. The molecule has 140 valence electrons. The van der Waals surface area contributed by atoms with Crippen LogP contribution in [0.5, 0.6) is 5.75 Å². The summed E-state index contributed by atoms with van der Waals surface area (Å²) in [6.07, 6.45) is 3.11. The number of aromatic nitrogens is 3. The third-order valence-corrected chi connectivity index (χ3v) is 6.26. The van der Waals surface area contributed by atoms with E-state index in [1.54, 1.807) is 23.9 Å². The third kappa shape index (κ3) is 3.70. The predicted octanol–water partition coefficient (Wildman–Crippen LogP) is 1.02. The van der Waals surface area contributed by atoms with Crippen LogP contribution in [0.25, 0.3) is 0 Å². The zero-order valence-corrected chi connectivity index (χ0v) is 15.1. The van der Waals surface area contributed by atoms with Crippen molar-refractivity contribution in [3.05, 3.63) is 36.4 Å². The first-order valence-electron chi connectivity index (χ1n) is 8.20. The molecule has 3 rings (SSSR count). The second-order valence-corrected chi connectivity index (χ2v) is 7.92. The lowest BCUT2D eigenvalue weighted by Gasteiger charge is -2.31. The molecule has 0 radical (unpaired) electrons. The van der Waals surface area contributed by atoms with E-state index in [1.165, 1.54) is 18.5 Å². The molecule has 0 aliphatic carbocycles. The molecule has 0 bridgehead atoms. The molecule has 2 aromatic rings. The summed E-state index contributed by atoms with van der Waals surface area (Å²) in [7, 11) is -2.12. The molecule has 1 atom stereocenters. The number of hydrogen-bond acceptors (Lipinski definition) is 6. The van der Waals surface area contributed by atoms with Gasteiger partial charge in [-0.05, 0) is 43.5 Å². The Balaban J connectivity index is 1.74. The highest BCUT2D eigenvalue weighted by molar-refractivity contribution is 7.89. The van der Waals surface area contributed by atoms with Crippen molar-refractivity contribution in [2.24, 2.45) is 7.05 Å². The molecule has 0 amide bonds. The number of carbonyl (C=O) groups is 1. The van der Waals surface area contributed by atoms with Gasteiger partial charge in [0.1, 0.15) is 24.7 Å². The van der Waals surface area contributed by atoms with Crippen molar-refractivity contribution in [2.45, 2.75) is 36.8 Å². The number of aliphatic carboxylic acids is 1. The van der Waals surface area contributed by atoms with Crippen molar-refractivity contribution in [3.63, 3.8) is 0 Å². The number of ether oxygens (including phenoxy) is 1. The van der Waals surface area contributed by atoms with E-state index < -0.39 is 22.0 Å². The predicted molar refractivity (Wildman–Crippen MR) is 90.9 cm³/mol. The van der Waals surface area contributed by atoms with Crippen molar-refractivity contribution in [1.29, 1.82) is 0 Å². The number of piperidine rings is 1. The molecule has 1 fully saturated rings. The summed E-state index contributed by atoms with van der Waals surface area (Å²) in [5.41, 5.74) is 0. The highest BCUT2D eigenvalue weighted by atomic mass is 32.2. The summed E-state index contributed by atoms with van der Waals surface area (Å²) in [5.74, 6) is 0.0107. The number of nitrogens with zero attached hydrogens (tertiary/aromatic N) is 4. The molecule has 1 N–H and O–H groups in total. The number of hydrogen-bond donors (Lipinski definition) is 1. The summed E-state index contributed by atoms with van der Waals surface area (Å²) < 4.78 is 33.8. The molecule has 0 saturated carbocycles. The average Bonchev–Trinajstić information content (AvgIpc) is 3.05. The molecule has 26 heavy (non-hydrogen) atoms. The van der Waals surface area contributed by atoms with Gasteiger partial charge in [0.05, 0.1) is 4.90 Å². The molecular weight excluding hydrogens is 360 g/mol. The maximum atomic E-state index is 12.8. The van der Waals surface area contributed by atoms with Gasteiger partial charge in [-0.25, -0.2) is 13.4 Å². The summed E-state index contributed by atoms with van der Waals surface area (Å²) in [4.78, 5) is 15.5. The molecule has 9 nitrogen and oxygen atoms in total. The van der Waals surface area contributed by atoms with E-state index in [4.69, 9.17) is 4.74 Å². The van der Waals surface area contributed by atoms with Crippen molar-refractivity contribution in [3.8, 4) is 5.75 Å². The van der Waals surface area contributed by atoms with Crippen LogP contribution in [0.3, 0.4) is 0 Å². The highest BCUT2D eigenvalue weighted by Crippen LogP contribution is 2.26. The number of aryl methyl sites for hydroxylation is 1. The Morgan fingerprint density at radius 3 is 2.65 bits per heavy atom. The van der Waals surface area contributed by atoms with Crippen molar-refractivity contribution >= 4 is 16.0 Å². The second-order valence-electron chi connectivity index (χ2n) is 6.03. The van der Waals surface area contributed by atoms with Crippen LogP contribution >= 0.6 is 0 Å². The number of carboxylic acids is 1. The lowest BCUT2D eigenvalue weighted by atomic mass is 10.1. The number of benzene rings is 1. The molecule has 1 aromatic carbocycles. The smallest absolute Gasteiger partial charge is 0.322 e. The van der Waals surface area contributed by atoms with Gasteiger partial charge in [-0.1, -0.05) is 0 Å². The Bertz CT molecular complexity index is 878. The van der Waals surface area contributed by atoms with Crippen molar-refractivity contribution < 1.29 is 23.1 Å². The van der Waals surface area contributed by atoms with E-state index in [9.17, 15) is 18.3 Å². The van der Waals surface area contributed by atoms with Crippen LogP contribution in [0.2, 0.25) is 0 Å². The van der Waals surface area contributed by atoms with E-state index in [0.29, 0.717) is 30.8 Å². The van der Waals surface area contributed by atoms with Gasteiger partial charge >= 0.3 is 5.97 Å². The Labute approximate surface area is 151 Å². The van der Waals surface area contributed by atoms with Gasteiger partial charge in [-0.2, -0.15) is 9.40 Å². The minimum Gasteiger partial charge on any atom is -0.486 e. The summed E-state index contributed by atoms with van der Waals surface area (Å²) >= 11 is 0. The summed E-state index contributed by atoms with van der Waals surface area (Å²) in [6, 6.07) is 4.93. The monoisotopic (exact) mass is 380 g/mol. The van der Waals surface area contributed by atoms with Crippen LogP contribution in [0.15, 0.2) is 35.5 Å². The highest BCUT2D eigenvalue weighted by Gasteiger charge is 2.37. The number of carboxylic acid groups (broad SMARTS) is 1. The van der Waals surface area contributed by atoms with Crippen molar-refractivity contribution in [1.82, 2.24) is 19.1 Å². The van der Waals surface area contributed by atoms with E-state index in [2.05, 4.69) is 10.1 Å². The minimum absolute atomic E-state index is 0.0525. The van der Waals surface area contributed by atoms with E-state index in [-0.39, 0.29) is 18.0 Å². The molecule has 1 aliphatic rings. The van der Waals surface area contributed by atoms with Gasteiger partial charge in [0.2, 0.25) is 10.0 Å². The SMILES string of the molecule is Cn1ncnc1COc1ccc(S(=O)(=O)N2CCCCC2C(=O)O)cc1. The Kier molecular flexibility index (Phi) is 5.23. The zero-order chi connectivity index (χ0) is 18.7. The molecule has 1 aliphatic heterocycles. The van der Waals surface area contributed by atoms with Gasteiger partial charge in [0, 0.05) is 13.6 Å². The van der Waals surface area contributed by atoms with Crippen LogP contribution in [-0.2, 0) is 28.5 Å². The lowest BCUT2D eigenvalue weighted by Crippen LogP contribution is -2.47. The fourth-order valence-electron chi connectivity index (χ4n) is 2.88. The molecular formula is C16H20N4O5S. The topological polar surface area (TPSA) is 115 Å². The van der Waals surface area contributed by atoms with Crippen LogP contribution in [0.1, 0.15) is 25.1 Å². The summed E-state index contributed by atoms with van der Waals surface area (Å²) in [5, 5.41) is 13.2. The third-order valence-electron chi connectivity index (χ3n) is 4.34. The first-order valence-corrected chi connectivity index (χ1v) is 9.64. The lowest BCUT2D eigenvalue weighted by molar-refractivity contribution is -0.142. The van der Waals surface area contributed by atoms with Gasteiger partial charge in [-0.3, -0.25) is 9.48 Å². The Hall–Kier alpha value is -2.46. The van der Waals surface area contributed by atoms with Gasteiger partial charge < -0.3 is 9.84 Å². The number of rotatable bonds is 6. The second kappa shape index (κ2) is 7.42. The summed E-state index contributed by atoms with van der Waals surface area (Å²) in [6.45, 7) is 0.416. The van der Waals surface area contributed by atoms with Crippen LogP contribution in [-0.4, -0.2) is 51.1 Å². The fourth-order valence-corrected chi connectivity index (χ4v) is 4.53. The molecule has 10 heteroatoms. The fraction of sp³-hybridized carbons (Fsp3) is 0.438. The zero-order valence-electron chi connectivity index (χ0n) is 14.3. The quantitative estimate of drug-likeness (QED) is 0.796. The van der Waals surface area contributed by atoms with Crippen LogP contribution in [0, 0.1) is 0 Å². The standard InChI is InChI=1S/C16H20N4O5S/c1-19-15(17-11-18-19)10-25-12-5-7-13(8-6-12)26(23,24)20-9-3-2-4-14(20)16(21)22/h5-8,11,14H,2-4,9-10H2,1H3,(H,21,22). The normalized spacial score (nSPS) is 18.6. The molecule has 1 saturated heterocycles. The number of sulfonamides is 1. The largest absolute Gasteiger partial charge is 0.486 e. The van der Waals surface area contributed by atoms with Gasteiger partial charge in [0.25, 0.3) is 0 Å². The molecule has 1 unspecified atom stereocenters. The Morgan fingerprint density at radius 2 is 2.04 bits per heavy atom. The first-order chi connectivity index (χ1) is 12.4. The van der Waals surface area contributed by atoms with Crippen LogP contribution in [0.4, 0.5) is 0 Å². The minimum atomic E-state index is -3.87. The van der Waals surface area contributed by atoms with Crippen molar-refractivity contribution in [2.75, 3.05) is 6.54 Å². The average molecular weight is 380 g/mol. The van der Waals surface area contributed by atoms with E-state index in [0.717, 1.165) is 4.31 Å². The molecule has 1 aromatic heterocycles. The maximum absolute atomic E-state index is 12.8. The molecule has 2 heterocycles. The maximum Gasteiger partial charge on any atom is 0.322 e.